The number of aryl methyl sites for hydroxylation is 2. The van der Waals surface area contributed by atoms with E-state index in [0.29, 0.717) is 0 Å². The molecular weight excluding hydrogens is 260 g/mol. The highest BCUT2D eigenvalue weighted by atomic mass is 16.5. The molecule has 2 rings (SSSR count). The van der Waals surface area contributed by atoms with Crippen LogP contribution in [0.5, 0.6) is 0 Å². The summed E-state index contributed by atoms with van der Waals surface area (Å²) in [6.45, 7) is 4.23. The topological polar surface area (TPSA) is 47.3 Å². The van der Waals surface area contributed by atoms with Crippen LogP contribution in [-0.4, -0.2) is 13.2 Å². The fraction of sp³-hybridized carbons (Fsp3) is 0.333. The standard InChI is InChI=1S/C18H24N2O/c1-13-9-14(2)11-15(10-13)12-17(20-19)18(21-3)16-7-5-4-6-8-16/h4-11,17-18,20H,12,19H2,1-3H3. The van der Waals surface area contributed by atoms with E-state index >= 15 is 0 Å². The van der Waals surface area contributed by atoms with Gasteiger partial charge >= 0.3 is 0 Å². The van der Waals surface area contributed by atoms with Gasteiger partial charge in [0.1, 0.15) is 0 Å². The van der Waals surface area contributed by atoms with Gasteiger partial charge in [-0.05, 0) is 31.4 Å². The van der Waals surface area contributed by atoms with Gasteiger partial charge in [-0.1, -0.05) is 59.7 Å². The predicted molar refractivity (Wildman–Crippen MR) is 86.9 cm³/mol. The van der Waals surface area contributed by atoms with Gasteiger partial charge in [0.05, 0.1) is 12.1 Å². The summed E-state index contributed by atoms with van der Waals surface area (Å²) in [6.07, 6.45) is 0.754. The summed E-state index contributed by atoms with van der Waals surface area (Å²) in [7, 11) is 1.73. The lowest BCUT2D eigenvalue weighted by Gasteiger charge is -2.26. The van der Waals surface area contributed by atoms with Gasteiger partial charge in [0, 0.05) is 7.11 Å². The predicted octanol–water partition coefficient (Wildman–Crippen LogP) is 3.07. The Bertz CT molecular complexity index is 548. The van der Waals surface area contributed by atoms with E-state index in [4.69, 9.17) is 10.6 Å². The molecule has 0 aliphatic carbocycles. The van der Waals surface area contributed by atoms with Crippen LogP contribution in [0, 0.1) is 13.8 Å². The van der Waals surface area contributed by atoms with Crippen LogP contribution in [0.25, 0.3) is 0 Å². The van der Waals surface area contributed by atoms with Crippen molar-refractivity contribution in [3.8, 4) is 0 Å². The molecule has 3 nitrogen and oxygen atoms in total. The Morgan fingerprint density at radius 1 is 1.05 bits per heavy atom. The number of ether oxygens (including phenoxy) is 1. The van der Waals surface area contributed by atoms with Gasteiger partial charge in [-0.3, -0.25) is 11.3 Å². The SMILES string of the molecule is COC(c1ccccc1)C(Cc1cc(C)cc(C)c1)NN. The number of hydrazine groups is 1. The van der Waals surface area contributed by atoms with Crippen LogP contribution in [0.3, 0.4) is 0 Å². The van der Waals surface area contributed by atoms with Gasteiger partial charge in [-0.2, -0.15) is 0 Å². The Morgan fingerprint density at radius 3 is 2.19 bits per heavy atom. The molecule has 0 aromatic heterocycles. The number of hydrogen-bond donors (Lipinski definition) is 2. The average Bonchev–Trinajstić information content (AvgIpc) is 2.47. The molecule has 0 aliphatic rings. The Hall–Kier alpha value is -1.68. The normalized spacial score (nSPS) is 13.9. The van der Waals surface area contributed by atoms with Crippen molar-refractivity contribution in [3.63, 3.8) is 0 Å². The van der Waals surface area contributed by atoms with E-state index < -0.39 is 0 Å². The largest absolute Gasteiger partial charge is 0.375 e. The van der Waals surface area contributed by atoms with Crippen molar-refractivity contribution >= 4 is 0 Å². The fourth-order valence-corrected chi connectivity index (χ4v) is 2.87. The summed E-state index contributed by atoms with van der Waals surface area (Å²) < 4.78 is 5.68. The number of benzene rings is 2. The van der Waals surface area contributed by atoms with Gasteiger partial charge in [-0.25, -0.2) is 0 Å². The van der Waals surface area contributed by atoms with Gasteiger partial charge in [0.15, 0.2) is 0 Å². The first-order chi connectivity index (χ1) is 10.1. The van der Waals surface area contributed by atoms with E-state index in [1.165, 1.54) is 16.7 Å². The minimum absolute atomic E-state index is 0.0265. The van der Waals surface area contributed by atoms with Crippen molar-refractivity contribution in [2.24, 2.45) is 5.84 Å². The van der Waals surface area contributed by atoms with Crippen molar-refractivity contribution < 1.29 is 4.74 Å². The molecule has 2 atom stereocenters. The molecule has 2 aromatic carbocycles. The van der Waals surface area contributed by atoms with E-state index in [2.05, 4.69) is 49.6 Å². The van der Waals surface area contributed by atoms with Crippen molar-refractivity contribution in [2.45, 2.75) is 32.4 Å². The second-order valence-corrected chi connectivity index (χ2v) is 5.54. The lowest BCUT2D eigenvalue weighted by Crippen LogP contribution is -2.42. The molecule has 0 bridgehead atoms. The Balaban J connectivity index is 2.21. The molecule has 2 aromatic rings. The number of nitrogens with two attached hydrogens (primary N) is 1. The zero-order valence-electron chi connectivity index (χ0n) is 13.0. The summed E-state index contributed by atoms with van der Waals surface area (Å²) in [5, 5.41) is 0. The number of methoxy groups -OCH3 is 1. The second kappa shape index (κ2) is 7.36. The third-order valence-corrected chi connectivity index (χ3v) is 3.70. The van der Waals surface area contributed by atoms with Crippen molar-refractivity contribution in [1.82, 2.24) is 5.43 Å². The maximum absolute atomic E-state index is 5.78. The average molecular weight is 284 g/mol. The maximum Gasteiger partial charge on any atom is 0.0990 e. The van der Waals surface area contributed by atoms with Gasteiger partial charge in [0.2, 0.25) is 0 Å². The highest BCUT2D eigenvalue weighted by molar-refractivity contribution is 5.30. The Kier molecular flexibility index (Phi) is 5.51. The van der Waals surface area contributed by atoms with Crippen LogP contribution < -0.4 is 11.3 Å². The van der Waals surface area contributed by atoms with Gasteiger partial charge in [0.25, 0.3) is 0 Å². The van der Waals surface area contributed by atoms with Crippen LogP contribution in [0.1, 0.15) is 28.4 Å². The molecule has 0 spiro atoms. The third kappa shape index (κ3) is 4.14. The molecule has 21 heavy (non-hydrogen) atoms. The van der Waals surface area contributed by atoms with Crippen molar-refractivity contribution in [1.29, 1.82) is 0 Å². The second-order valence-electron chi connectivity index (χ2n) is 5.54. The summed E-state index contributed by atoms with van der Waals surface area (Å²) in [5.74, 6) is 5.78. The first-order valence-electron chi connectivity index (χ1n) is 7.25. The molecule has 0 aliphatic heterocycles. The van der Waals surface area contributed by atoms with Crippen molar-refractivity contribution in [2.75, 3.05) is 7.11 Å². The molecule has 0 saturated heterocycles. The van der Waals surface area contributed by atoms with Crippen LogP contribution in [0.4, 0.5) is 0 Å². The molecule has 112 valence electrons. The highest BCUT2D eigenvalue weighted by Gasteiger charge is 2.22. The molecule has 0 radical (unpaired) electrons. The zero-order chi connectivity index (χ0) is 15.2. The van der Waals surface area contributed by atoms with Crippen LogP contribution in [0.2, 0.25) is 0 Å². The molecule has 2 unspecified atom stereocenters. The lowest BCUT2D eigenvalue weighted by molar-refractivity contribution is 0.0678. The van der Waals surface area contributed by atoms with E-state index in [-0.39, 0.29) is 12.1 Å². The fourth-order valence-electron chi connectivity index (χ4n) is 2.87. The lowest BCUT2D eigenvalue weighted by atomic mass is 9.95. The highest BCUT2D eigenvalue weighted by Crippen LogP contribution is 2.23. The Labute approximate surface area is 127 Å². The zero-order valence-corrected chi connectivity index (χ0v) is 13.0. The van der Waals surface area contributed by atoms with E-state index in [1.807, 2.05) is 18.2 Å². The van der Waals surface area contributed by atoms with Crippen LogP contribution >= 0.6 is 0 Å². The Morgan fingerprint density at radius 2 is 1.67 bits per heavy atom. The first-order valence-corrected chi connectivity index (χ1v) is 7.25. The summed E-state index contributed by atoms with van der Waals surface area (Å²) in [5.41, 5.74) is 7.86. The van der Waals surface area contributed by atoms with E-state index in [9.17, 15) is 0 Å². The number of hydrogen-bond acceptors (Lipinski definition) is 3. The van der Waals surface area contributed by atoms with Crippen LogP contribution in [-0.2, 0) is 11.2 Å². The molecule has 3 N–H and O–H groups in total. The minimum atomic E-state index is -0.0722. The van der Waals surface area contributed by atoms with Gasteiger partial charge < -0.3 is 4.74 Å². The smallest absolute Gasteiger partial charge is 0.0990 e. The van der Waals surface area contributed by atoms with Crippen LogP contribution in [0.15, 0.2) is 48.5 Å². The summed E-state index contributed by atoms with van der Waals surface area (Å²) in [6, 6.07) is 16.8. The quantitative estimate of drug-likeness (QED) is 0.633. The molecule has 0 heterocycles. The summed E-state index contributed by atoms with van der Waals surface area (Å²) >= 11 is 0. The van der Waals surface area contributed by atoms with Gasteiger partial charge in [-0.15, -0.1) is 0 Å². The third-order valence-electron chi connectivity index (χ3n) is 3.70. The number of nitrogens with one attached hydrogen (secondary N) is 1. The number of rotatable bonds is 6. The first kappa shape index (κ1) is 15.7. The monoisotopic (exact) mass is 284 g/mol. The maximum atomic E-state index is 5.78. The molecule has 3 heteroatoms. The van der Waals surface area contributed by atoms with Crippen molar-refractivity contribution in [3.05, 3.63) is 70.8 Å². The summed E-state index contributed by atoms with van der Waals surface area (Å²) in [4.78, 5) is 0. The van der Waals surface area contributed by atoms with E-state index in [1.54, 1.807) is 7.11 Å². The molecule has 0 saturated carbocycles. The molecule has 0 fully saturated rings. The van der Waals surface area contributed by atoms with E-state index in [0.717, 1.165) is 12.0 Å². The molecular formula is C18H24N2O. The minimum Gasteiger partial charge on any atom is -0.375 e. The molecule has 0 amide bonds.